The van der Waals surface area contributed by atoms with Crippen LogP contribution in [0.1, 0.15) is 30.3 Å². The maximum Gasteiger partial charge on any atom is 0.180 e. The average molecular weight is 289 g/mol. The zero-order valence-corrected chi connectivity index (χ0v) is 12.2. The summed E-state index contributed by atoms with van der Waals surface area (Å²) >= 11 is 6.21. The second-order valence-corrected chi connectivity index (χ2v) is 5.34. The molecule has 104 valence electrons. The molecular formula is C15H17ClN4. The Balaban J connectivity index is 2.13. The van der Waals surface area contributed by atoms with Crippen LogP contribution in [0.2, 0.25) is 5.02 Å². The van der Waals surface area contributed by atoms with Crippen molar-refractivity contribution in [1.82, 2.24) is 20.3 Å². The van der Waals surface area contributed by atoms with E-state index in [0.717, 1.165) is 43.7 Å². The lowest BCUT2D eigenvalue weighted by atomic mass is 10.0. The quantitative estimate of drug-likeness (QED) is 0.943. The summed E-state index contributed by atoms with van der Waals surface area (Å²) in [5, 5.41) is 3.96. The normalized spacial score (nSPS) is 14.1. The highest BCUT2D eigenvalue weighted by atomic mass is 35.5. The van der Waals surface area contributed by atoms with Gasteiger partial charge in [0.2, 0.25) is 0 Å². The minimum atomic E-state index is 0.596. The smallest absolute Gasteiger partial charge is 0.180 e. The maximum absolute atomic E-state index is 6.21. The van der Waals surface area contributed by atoms with Gasteiger partial charge in [-0.15, -0.1) is 0 Å². The Morgan fingerprint density at radius 2 is 2.25 bits per heavy atom. The SMILES string of the molecule is CCCc1nc(-c2ncccc2Cl)nc2c1CCNC2. The number of nitrogens with zero attached hydrogens (tertiary/aromatic N) is 3. The fourth-order valence-corrected chi connectivity index (χ4v) is 2.74. The molecule has 5 heteroatoms. The van der Waals surface area contributed by atoms with E-state index in [4.69, 9.17) is 16.6 Å². The van der Waals surface area contributed by atoms with Gasteiger partial charge in [-0.2, -0.15) is 0 Å². The van der Waals surface area contributed by atoms with Crippen molar-refractivity contribution < 1.29 is 0 Å². The van der Waals surface area contributed by atoms with E-state index in [2.05, 4.69) is 22.2 Å². The molecule has 0 unspecified atom stereocenters. The lowest BCUT2D eigenvalue weighted by Gasteiger charge is -2.20. The van der Waals surface area contributed by atoms with E-state index in [1.807, 2.05) is 12.1 Å². The summed E-state index contributed by atoms with van der Waals surface area (Å²) < 4.78 is 0. The van der Waals surface area contributed by atoms with Gasteiger partial charge in [-0.05, 0) is 37.1 Å². The third-order valence-corrected chi connectivity index (χ3v) is 3.78. The Bertz CT molecular complexity index is 627. The Kier molecular flexibility index (Phi) is 3.94. The third-order valence-electron chi connectivity index (χ3n) is 3.48. The highest BCUT2D eigenvalue weighted by Gasteiger charge is 2.19. The van der Waals surface area contributed by atoms with Crippen molar-refractivity contribution in [1.29, 1.82) is 0 Å². The van der Waals surface area contributed by atoms with E-state index in [1.54, 1.807) is 6.20 Å². The van der Waals surface area contributed by atoms with Gasteiger partial charge in [0.25, 0.3) is 0 Å². The minimum Gasteiger partial charge on any atom is -0.311 e. The van der Waals surface area contributed by atoms with Crippen LogP contribution in [0.4, 0.5) is 0 Å². The summed E-state index contributed by atoms with van der Waals surface area (Å²) in [6.07, 6.45) is 4.78. The zero-order chi connectivity index (χ0) is 13.9. The van der Waals surface area contributed by atoms with Crippen molar-refractivity contribution in [2.24, 2.45) is 0 Å². The van der Waals surface area contributed by atoms with Crippen molar-refractivity contribution in [2.45, 2.75) is 32.7 Å². The fraction of sp³-hybridized carbons (Fsp3) is 0.400. The molecule has 0 spiro atoms. The van der Waals surface area contributed by atoms with E-state index in [-0.39, 0.29) is 0 Å². The van der Waals surface area contributed by atoms with E-state index >= 15 is 0 Å². The van der Waals surface area contributed by atoms with Crippen LogP contribution >= 0.6 is 11.6 Å². The van der Waals surface area contributed by atoms with Crippen LogP contribution in [0.25, 0.3) is 11.5 Å². The lowest BCUT2D eigenvalue weighted by molar-refractivity contribution is 0.614. The second kappa shape index (κ2) is 5.85. The van der Waals surface area contributed by atoms with Crippen LogP contribution in [0.3, 0.4) is 0 Å². The number of nitrogens with one attached hydrogen (secondary N) is 1. The van der Waals surface area contributed by atoms with Crippen LogP contribution in [0.5, 0.6) is 0 Å². The summed E-state index contributed by atoms with van der Waals surface area (Å²) in [4.78, 5) is 13.7. The molecule has 0 saturated carbocycles. The molecule has 3 rings (SSSR count). The first kappa shape index (κ1) is 13.5. The molecule has 0 radical (unpaired) electrons. The van der Waals surface area contributed by atoms with Gasteiger partial charge >= 0.3 is 0 Å². The van der Waals surface area contributed by atoms with Crippen LogP contribution < -0.4 is 5.32 Å². The number of rotatable bonds is 3. The summed E-state index contributed by atoms with van der Waals surface area (Å²) in [6.45, 7) is 3.96. The largest absolute Gasteiger partial charge is 0.311 e. The molecule has 0 amide bonds. The molecule has 3 heterocycles. The van der Waals surface area contributed by atoms with Crippen molar-refractivity contribution >= 4 is 11.6 Å². The number of aromatic nitrogens is 3. The lowest BCUT2D eigenvalue weighted by Crippen LogP contribution is -2.26. The first-order valence-corrected chi connectivity index (χ1v) is 7.37. The van der Waals surface area contributed by atoms with Crippen molar-refractivity contribution in [3.63, 3.8) is 0 Å². The van der Waals surface area contributed by atoms with Crippen LogP contribution in [-0.4, -0.2) is 21.5 Å². The standard InChI is InChI=1S/C15H17ClN4/c1-2-4-12-10-6-8-17-9-13(10)20-15(19-12)14-11(16)5-3-7-18-14/h3,5,7,17H,2,4,6,8-9H2,1H3. The first-order chi connectivity index (χ1) is 9.79. The maximum atomic E-state index is 6.21. The predicted octanol–water partition coefficient (Wildman–Crippen LogP) is 2.79. The minimum absolute atomic E-state index is 0.596. The van der Waals surface area contributed by atoms with Gasteiger partial charge in [0, 0.05) is 18.4 Å². The summed E-state index contributed by atoms with van der Waals surface area (Å²) in [7, 11) is 0. The number of pyridine rings is 1. The summed E-state index contributed by atoms with van der Waals surface area (Å²) in [5.74, 6) is 0.640. The molecule has 0 saturated heterocycles. The summed E-state index contributed by atoms with van der Waals surface area (Å²) in [5.41, 5.74) is 4.21. The molecule has 2 aromatic rings. The van der Waals surface area contributed by atoms with Crippen molar-refractivity contribution in [3.05, 3.63) is 40.3 Å². The van der Waals surface area contributed by atoms with E-state index in [1.165, 1.54) is 5.56 Å². The Labute approximate surface area is 123 Å². The average Bonchev–Trinajstić information content (AvgIpc) is 2.48. The van der Waals surface area contributed by atoms with E-state index < -0.39 is 0 Å². The number of halogens is 1. The molecule has 0 aromatic carbocycles. The summed E-state index contributed by atoms with van der Waals surface area (Å²) in [6, 6.07) is 3.64. The topological polar surface area (TPSA) is 50.7 Å². The molecular weight excluding hydrogens is 272 g/mol. The molecule has 0 atom stereocenters. The van der Waals surface area contributed by atoms with Crippen LogP contribution in [0, 0.1) is 0 Å². The third kappa shape index (κ3) is 2.53. The number of aryl methyl sites for hydroxylation is 1. The molecule has 0 bridgehead atoms. The van der Waals surface area contributed by atoms with Gasteiger partial charge in [0.15, 0.2) is 5.82 Å². The molecule has 1 aliphatic rings. The Morgan fingerprint density at radius 3 is 3.05 bits per heavy atom. The van der Waals surface area contributed by atoms with Gasteiger partial charge in [-0.3, -0.25) is 4.98 Å². The number of hydrogen-bond donors (Lipinski definition) is 1. The van der Waals surface area contributed by atoms with E-state index in [9.17, 15) is 0 Å². The van der Waals surface area contributed by atoms with Gasteiger partial charge in [-0.1, -0.05) is 24.9 Å². The second-order valence-electron chi connectivity index (χ2n) is 4.93. The Hall–Kier alpha value is -1.52. The fourth-order valence-electron chi connectivity index (χ4n) is 2.54. The molecule has 0 fully saturated rings. The molecule has 1 N–H and O–H groups in total. The monoisotopic (exact) mass is 288 g/mol. The van der Waals surface area contributed by atoms with Crippen LogP contribution in [0.15, 0.2) is 18.3 Å². The highest BCUT2D eigenvalue weighted by Crippen LogP contribution is 2.25. The zero-order valence-electron chi connectivity index (χ0n) is 11.5. The molecule has 20 heavy (non-hydrogen) atoms. The van der Waals surface area contributed by atoms with Gasteiger partial charge in [-0.25, -0.2) is 9.97 Å². The Morgan fingerprint density at radius 1 is 1.35 bits per heavy atom. The molecule has 2 aromatic heterocycles. The molecule has 0 aliphatic carbocycles. The highest BCUT2D eigenvalue weighted by molar-refractivity contribution is 6.32. The van der Waals surface area contributed by atoms with Crippen molar-refractivity contribution in [3.8, 4) is 11.5 Å². The van der Waals surface area contributed by atoms with E-state index in [0.29, 0.717) is 16.5 Å². The first-order valence-electron chi connectivity index (χ1n) is 7.00. The van der Waals surface area contributed by atoms with Gasteiger partial charge in [0.1, 0.15) is 5.69 Å². The number of hydrogen-bond acceptors (Lipinski definition) is 4. The van der Waals surface area contributed by atoms with Crippen LogP contribution in [-0.2, 0) is 19.4 Å². The molecule has 4 nitrogen and oxygen atoms in total. The molecule has 1 aliphatic heterocycles. The predicted molar refractivity (Wildman–Crippen MR) is 79.7 cm³/mol. The van der Waals surface area contributed by atoms with Crippen molar-refractivity contribution in [2.75, 3.05) is 6.54 Å². The van der Waals surface area contributed by atoms with Gasteiger partial charge < -0.3 is 5.32 Å². The van der Waals surface area contributed by atoms with Gasteiger partial charge in [0.05, 0.1) is 10.7 Å². The number of fused-ring (bicyclic) bond motifs is 1.